The molecule has 0 aliphatic carbocycles. The van der Waals surface area contributed by atoms with Gasteiger partial charge < -0.3 is 19.7 Å². The molecule has 1 aromatic heterocycles. The summed E-state index contributed by atoms with van der Waals surface area (Å²) in [4.78, 5) is 12.3. The number of rotatable bonds is 12. The Hall–Kier alpha value is -1.40. The van der Waals surface area contributed by atoms with Gasteiger partial charge in [-0.3, -0.25) is 4.98 Å². The number of aromatic amines is 1. The zero-order valence-corrected chi connectivity index (χ0v) is 14.5. The second kappa shape index (κ2) is 15.5. The summed E-state index contributed by atoms with van der Waals surface area (Å²) >= 11 is 0. The van der Waals surface area contributed by atoms with E-state index < -0.39 is 12.1 Å². The molecule has 0 unspecified atom stereocenters. The molecule has 6 heteroatoms. The minimum absolute atomic E-state index is 0.667. The van der Waals surface area contributed by atoms with E-state index in [1.165, 1.54) is 51.4 Å². The van der Waals surface area contributed by atoms with Crippen molar-refractivity contribution in [3.05, 3.63) is 18.7 Å². The molecule has 1 rings (SSSR count). The van der Waals surface area contributed by atoms with Gasteiger partial charge in [0.15, 0.2) is 6.73 Å². The summed E-state index contributed by atoms with van der Waals surface area (Å²) in [7, 11) is 0. The second-order valence-electron chi connectivity index (χ2n) is 5.63. The van der Waals surface area contributed by atoms with E-state index in [4.69, 9.17) is 9.84 Å². The maximum absolute atomic E-state index is 9.34. The lowest BCUT2D eigenvalue weighted by atomic mass is 10.1. The third-order valence-corrected chi connectivity index (χ3v) is 3.33. The first kappa shape index (κ1) is 21.6. The normalized spacial score (nSPS) is 11.6. The molecule has 0 amide bonds. The molecule has 0 fully saturated rings. The Balaban J connectivity index is 0.000000688. The van der Waals surface area contributed by atoms with Crippen LogP contribution in [0.4, 0.5) is 0 Å². The number of carbonyl (C=O) groups excluding carboxylic acids is 1. The van der Waals surface area contributed by atoms with Crippen molar-refractivity contribution in [2.45, 2.75) is 78.0 Å². The number of hydrogen-bond donors (Lipinski definition) is 2. The van der Waals surface area contributed by atoms with Crippen molar-refractivity contribution < 1.29 is 24.3 Å². The molecule has 0 saturated heterocycles. The summed E-state index contributed by atoms with van der Waals surface area (Å²) in [5.41, 5.74) is 0. The predicted molar refractivity (Wildman–Crippen MR) is 86.2 cm³/mol. The summed E-state index contributed by atoms with van der Waals surface area (Å²) in [5, 5.41) is 17.3. The molecule has 6 nitrogen and oxygen atoms in total. The van der Waals surface area contributed by atoms with Gasteiger partial charge in [-0.1, -0.05) is 51.9 Å². The Morgan fingerprint density at radius 2 is 1.78 bits per heavy atom. The van der Waals surface area contributed by atoms with Gasteiger partial charge in [0.05, 0.1) is 18.7 Å². The molecule has 1 atom stereocenters. The number of aliphatic carboxylic acids is 1. The Morgan fingerprint density at radius 3 is 2.26 bits per heavy atom. The molecule has 2 N–H and O–H groups in total. The minimum atomic E-state index is -1.44. The first-order chi connectivity index (χ1) is 11.1. The lowest BCUT2D eigenvalue weighted by Gasteiger charge is -2.02. The molecule has 1 aromatic rings. The van der Waals surface area contributed by atoms with Crippen molar-refractivity contribution in [3.8, 4) is 0 Å². The summed E-state index contributed by atoms with van der Waals surface area (Å²) in [5.74, 6) is -1.44. The third kappa shape index (κ3) is 15.3. The highest BCUT2D eigenvalue weighted by Crippen LogP contribution is 2.08. The molecular formula is C17H32N2O4. The summed E-state index contributed by atoms with van der Waals surface area (Å²) in [6.45, 7) is 4.95. The van der Waals surface area contributed by atoms with Crippen LogP contribution in [-0.4, -0.2) is 28.8 Å². The van der Waals surface area contributed by atoms with E-state index in [9.17, 15) is 9.90 Å². The Morgan fingerprint density at radius 1 is 1.22 bits per heavy atom. The van der Waals surface area contributed by atoms with E-state index in [2.05, 4.69) is 11.9 Å². The lowest BCUT2D eigenvalue weighted by molar-refractivity contribution is -0.731. The number of aliphatic hydroxyl groups is 1. The average Bonchev–Trinajstić information content (AvgIpc) is 3.03. The first-order valence-corrected chi connectivity index (χ1v) is 8.56. The van der Waals surface area contributed by atoms with Crippen molar-refractivity contribution >= 4 is 5.97 Å². The van der Waals surface area contributed by atoms with Crippen LogP contribution in [0.3, 0.4) is 0 Å². The number of nitrogens with zero attached hydrogens (tertiary/aromatic N) is 1. The maximum atomic E-state index is 9.34. The number of ether oxygens (including phenoxy) is 1. The van der Waals surface area contributed by atoms with E-state index in [0.29, 0.717) is 6.73 Å². The van der Waals surface area contributed by atoms with Gasteiger partial charge >= 0.3 is 0 Å². The van der Waals surface area contributed by atoms with E-state index in [1.807, 2.05) is 23.3 Å². The summed E-state index contributed by atoms with van der Waals surface area (Å²) < 4.78 is 7.57. The molecule has 0 spiro atoms. The zero-order chi connectivity index (χ0) is 17.3. The highest BCUT2D eigenvalue weighted by atomic mass is 16.5. The van der Waals surface area contributed by atoms with E-state index in [0.717, 1.165) is 13.5 Å². The molecule has 0 aliphatic rings. The maximum Gasteiger partial charge on any atom is 0.243 e. The highest BCUT2D eigenvalue weighted by molar-refractivity contribution is 5.68. The number of H-pyrrole nitrogens is 1. The first-order valence-electron chi connectivity index (χ1n) is 8.56. The number of hydrogen-bond acceptors (Lipinski definition) is 4. The van der Waals surface area contributed by atoms with Gasteiger partial charge in [0.1, 0.15) is 12.4 Å². The van der Waals surface area contributed by atoms with Crippen molar-refractivity contribution in [3.63, 3.8) is 0 Å². The number of nitrogens with one attached hydrogen (secondary N) is 1. The molecule has 0 saturated carbocycles. The second-order valence-corrected chi connectivity index (χ2v) is 5.63. The van der Waals surface area contributed by atoms with Gasteiger partial charge in [-0.2, -0.15) is 0 Å². The van der Waals surface area contributed by atoms with Crippen molar-refractivity contribution in [1.29, 1.82) is 0 Å². The van der Waals surface area contributed by atoms with E-state index in [-0.39, 0.29) is 0 Å². The van der Waals surface area contributed by atoms with Crippen LogP contribution in [0.25, 0.3) is 0 Å². The van der Waals surface area contributed by atoms with Crippen LogP contribution in [0.15, 0.2) is 18.7 Å². The van der Waals surface area contributed by atoms with E-state index in [1.54, 1.807) is 0 Å². The van der Waals surface area contributed by atoms with Gasteiger partial charge in [-0.25, -0.2) is 4.57 Å². The zero-order valence-electron chi connectivity index (χ0n) is 14.5. The van der Waals surface area contributed by atoms with Crippen LogP contribution in [0.5, 0.6) is 0 Å². The molecule has 0 aromatic carbocycles. The van der Waals surface area contributed by atoms with Crippen molar-refractivity contribution in [2.24, 2.45) is 0 Å². The smallest absolute Gasteiger partial charge is 0.243 e. The monoisotopic (exact) mass is 328 g/mol. The minimum Gasteiger partial charge on any atom is -0.547 e. The van der Waals surface area contributed by atoms with Crippen LogP contribution in [-0.2, 0) is 16.3 Å². The molecule has 1 heterocycles. The number of carboxylic acid groups (broad SMARTS) is 1. The molecule has 23 heavy (non-hydrogen) atoms. The van der Waals surface area contributed by atoms with Gasteiger partial charge in [0.25, 0.3) is 0 Å². The van der Waals surface area contributed by atoms with Crippen LogP contribution >= 0.6 is 0 Å². The van der Waals surface area contributed by atoms with Crippen molar-refractivity contribution in [1.82, 2.24) is 4.98 Å². The fourth-order valence-corrected chi connectivity index (χ4v) is 1.91. The van der Waals surface area contributed by atoms with Gasteiger partial charge in [-0.15, -0.1) is 0 Å². The Bertz CT molecular complexity index is 367. The summed E-state index contributed by atoms with van der Waals surface area (Å²) in [6, 6.07) is 0. The quantitative estimate of drug-likeness (QED) is 0.450. The molecule has 0 bridgehead atoms. The fraction of sp³-hybridized carbons (Fsp3) is 0.765. The van der Waals surface area contributed by atoms with Crippen LogP contribution in [0, 0.1) is 0 Å². The van der Waals surface area contributed by atoms with Crippen molar-refractivity contribution in [2.75, 3.05) is 6.61 Å². The fourth-order valence-electron chi connectivity index (χ4n) is 1.91. The number of imidazole rings is 1. The van der Waals surface area contributed by atoms with Gasteiger partial charge in [-0.05, 0) is 13.3 Å². The molecule has 0 radical (unpaired) electrons. The number of unbranched alkanes of at least 4 members (excludes halogenated alkanes) is 7. The standard InChI is InChI=1S/C14H26N2O.C3H6O3/c1-2-3-4-5-6-7-8-9-12-17-14-16-11-10-15-13-16;1-2(4)3(5)6/h10-11,13H,2-9,12,14H2,1H3;2,4H,1H3,(H,5,6)/t;2-/m.0/s1. The number of carboxylic acids is 1. The van der Waals surface area contributed by atoms with Crippen LogP contribution < -0.4 is 9.67 Å². The largest absolute Gasteiger partial charge is 0.547 e. The van der Waals surface area contributed by atoms with Gasteiger partial charge in [0.2, 0.25) is 6.33 Å². The molecular weight excluding hydrogens is 296 g/mol. The SMILES string of the molecule is CCCCCCCCCCOC[n+]1cc[nH]c1.C[C@H](O)C(=O)[O-]. The third-order valence-electron chi connectivity index (χ3n) is 3.33. The van der Waals surface area contributed by atoms with E-state index >= 15 is 0 Å². The predicted octanol–water partition coefficient (Wildman–Crippen LogP) is 1.53. The Kier molecular flexibility index (Phi) is 14.6. The highest BCUT2D eigenvalue weighted by Gasteiger charge is 1.96. The number of carbonyl (C=O) groups is 1. The molecule has 0 aliphatic heterocycles. The number of aromatic nitrogens is 2. The number of aliphatic hydroxyl groups excluding tert-OH is 1. The van der Waals surface area contributed by atoms with Crippen LogP contribution in [0.2, 0.25) is 0 Å². The lowest BCUT2D eigenvalue weighted by Crippen LogP contribution is -2.32. The van der Waals surface area contributed by atoms with Crippen LogP contribution in [0.1, 0.15) is 65.2 Å². The average molecular weight is 328 g/mol. The molecule has 134 valence electrons. The Labute approximate surface area is 139 Å². The topological polar surface area (TPSA) is 89.3 Å². The summed E-state index contributed by atoms with van der Waals surface area (Å²) in [6.07, 6.45) is 15.3. The van der Waals surface area contributed by atoms with Gasteiger partial charge in [0, 0.05) is 0 Å².